The number of fused-ring (bicyclic) bond motifs is 2. The van der Waals surface area contributed by atoms with E-state index >= 15 is 0 Å². The molecule has 0 N–H and O–H groups in total. The molecule has 132 valence electrons. The SMILES string of the molecule is C[Si](C)=[Zr].[Br-].[CH2-]C.c1ccc2[cH-]ccc2c1.c1ccc2[cH-]ccc2c1. The van der Waals surface area contributed by atoms with Crippen molar-refractivity contribution >= 4 is 27.0 Å². The number of rotatable bonds is 0. The molecule has 0 saturated carbocycles. The van der Waals surface area contributed by atoms with E-state index in [1.165, 1.54) is 21.5 Å². The molecule has 0 spiro atoms. The van der Waals surface area contributed by atoms with E-state index in [0.717, 1.165) is 0 Å². The van der Waals surface area contributed by atoms with E-state index in [9.17, 15) is 0 Å². The quantitative estimate of drug-likeness (QED) is 0.261. The molecule has 0 atom stereocenters. The Balaban J connectivity index is 0.000000345. The Kier molecular flexibility index (Phi) is 14.0. The van der Waals surface area contributed by atoms with Crippen LogP contribution in [-0.2, 0) is 23.3 Å². The molecule has 4 rings (SSSR count). The third kappa shape index (κ3) is 9.49. The van der Waals surface area contributed by atoms with Gasteiger partial charge < -0.3 is 23.9 Å². The van der Waals surface area contributed by atoms with E-state index in [0.29, 0.717) is 0 Å². The maximum absolute atomic E-state index is 3.25. The molecule has 0 radical (unpaired) electrons. The molecule has 0 nitrogen and oxygen atoms in total. The number of benzene rings is 2. The molecule has 25 heavy (non-hydrogen) atoms. The Hall–Kier alpha value is -0.760. The fourth-order valence-corrected chi connectivity index (χ4v) is 2.14. The molecule has 0 aliphatic rings. The van der Waals surface area contributed by atoms with E-state index in [2.05, 4.69) is 105 Å². The monoisotopic (exact) mass is 486 g/mol. The van der Waals surface area contributed by atoms with Crippen LogP contribution < -0.4 is 17.0 Å². The van der Waals surface area contributed by atoms with Gasteiger partial charge in [0.05, 0.1) is 0 Å². The van der Waals surface area contributed by atoms with Gasteiger partial charge in [-0.1, -0.05) is 12.1 Å². The summed E-state index contributed by atoms with van der Waals surface area (Å²) in [7, 11) is 0. The first-order chi connectivity index (χ1) is 11.7. The molecule has 4 aromatic carbocycles. The molecule has 0 saturated heterocycles. The zero-order valence-electron chi connectivity index (χ0n) is 15.2. The second-order valence-corrected chi connectivity index (χ2v) is 14.7. The molecular formula is C22H25BrSiZr-4. The molecule has 0 bridgehead atoms. The topological polar surface area (TPSA) is 0 Å². The van der Waals surface area contributed by atoms with Gasteiger partial charge in [-0.2, -0.15) is 42.0 Å². The van der Waals surface area contributed by atoms with Crippen LogP contribution in [0.3, 0.4) is 0 Å². The summed E-state index contributed by atoms with van der Waals surface area (Å²) in [6.07, 6.45) is 0. The molecule has 0 aliphatic heterocycles. The standard InChI is InChI=1S/2C9H7.C2H6Si.C2H5.BrH.Zr/c2*1-2-5-9-7-3-6-8(9)4-1;1-3-2;1-2;;/h2*1-7H;1-2H3;1H2,2H3;1H;/q2*-1;;-1;;/p-1. The fraction of sp³-hybridized carbons (Fsp3) is 0.136. The molecule has 0 fully saturated rings. The number of halogens is 1. The Morgan fingerprint density at radius 3 is 1.36 bits per heavy atom. The van der Waals surface area contributed by atoms with Crippen LogP contribution in [0, 0.1) is 6.92 Å². The van der Waals surface area contributed by atoms with Crippen LogP contribution in [0.25, 0.3) is 21.5 Å². The van der Waals surface area contributed by atoms with Crippen molar-refractivity contribution < 1.29 is 40.3 Å². The van der Waals surface area contributed by atoms with Gasteiger partial charge in [0.15, 0.2) is 0 Å². The first-order valence-electron chi connectivity index (χ1n) is 8.10. The van der Waals surface area contributed by atoms with Crippen LogP contribution >= 0.6 is 0 Å². The second kappa shape index (κ2) is 14.4. The van der Waals surface area contributed by atoms with Crippen molar-refractivity contribution in [3.63, 3.8) is 0 Å². The molecule has 0 heterocycles. The van der Waals surface area contributed by atoms with Gasteiger partial charge in [0.25, 0.3) is 0 Å². The van der Waals surface area contributed by atoms with Crippen molar-refractivity contribution in [3.8, 4) is 0 Å². The van der Waals surface area contributed by atoms with E-state index < -0.39 is 0 Å². The summed E-state index contributed by atoms with van der Waals surface area (Å²) in [6, 6.07) is 29.3. The van der Waals surface area contributed by atoms with Crippen LogP contribution in [0.1, 0.15) is 6.92 Å². The van der Waals surface area contributed by atoms with Crippen molar-refractivity contribution in [3.05, 3.63) is 91.9 Å². The largest absolute Gasteiger partial charge is 1.00 e. The maximum atomic E-state index is 3.25. The Labute approximate surface area is 178 Å². The van der Waals surface area contributed by atoms with Gasteiger partial charge in [0.1, 0.15) is 0 Å². The van der Waals surface area contributed by atoms with Gasteiger partial charge in [0, 0.05) is 0 Å². The summed E-state index contributed by atoms with van der Waals surface area (Å²) >= 11 is 1.74. The second-order valence-electron chi connectivity index (χ2n) is 5.31. The van der Waals surface area contributed by atoms with Gasteiger partial charge in [-0.3, -0.25) is 0 Å². The molecular weight excluding hydrogens is 463 g/mol. The van der Waals surface area contributed by atoms with Crippen LogP contribution in [0.2, 0.25) is 13.1 Å². The van der Waals surface area contributed by atoms with E-state index in [1.54, 1.807) is 30.3 Å². The predicted octanol–water partition coefficient (Wildman–Crippen LogP) is 3.75. The third-order valence-corrected chi connectivity index (χ3v) is 3.10. The molecule has 0 unspecified atom stereocenters. The summed E-state index contributed by atoms with van der Waals surface area (Å²) in [4.78, 5) is 0. The van der Waals surface area contributed by atoms with Crippen molar-refractivity contribution in [1.82, 2.24) is 0 Å². The smallest absolute Gasteiger partial charge is 0.0809 e. The average Bonchev–Trinajstić information content (AvgIpc) is 3.26. The summed E-state index contributed by atoms with van der Waals surface area (Å²) in [6.45, 7) is 9.62. The van der Waals surface area contributed by atoms with Gasteiger partial charge in [-0.15, -0.1) is 59.3 Å². The van der Waals surface area contributed by atoms with Crippen molar-refractivity contribution in [2.24, 2.45) is 0 Å². The summed E-state index contributed by atoms with van der Waals surface area (Å²) in [5, 5.41) is 5.32. The molecule has 0 aliphatic carbocycles. The van der Waals surface area contributed by atoms with E-state index in [-0.39, 0.29) is 22.4 Å². The zero-order valence-corrected chi connectivity index (χ0v) is 20.2. The fourth-order valence-electron chi connectivity index (χ4n) is 2.14. The van der Waals surface area contributed by atoms with Gasteiger partial charge in [-0.25, -0.2) is 0 Å². The summed E-state index contributed by atoms with van der Waals surface area (Å²) < 4.78 is 0. The minimum Gasteiger partial charge on any atom is -1.00 e. The van der Waals surface area contributed by atoms with Crippen LogP contribution in [0.15, 0.2) is 84.9 Å². The molecule has 0 amide bonds. The van der Waals surface area contributed by atoms with Gasteiger partial charge >= 0.3 is 41.9 Å². The number of hydrogen-bond acceptors (Lipinski definition) is 0. The summed E-state index contributed by atoms with van der Waals surface area (Å²) in [5.74, 6) is 0. The Morgan fingerprint density at radius 1 is 0.720 bits per heavy atom. The third-order valence-electron chi connectivity index (χ3n) is 3.10. The first kappa shape index (κ1) is 24.2. The van der Waals surface area contributed by atoms with E-state index in [4.69, 9.17) is 0 Å². The Bertz CT molecular complexity index is 715. The number of hydrogen-bond donors (Lipinski definition) is 0. The van der Waals surface area contributed by atoms with Crippen LogP contribution in [0.4, 0.5) is 0 Å². The normalized spacial score (nSPS) is 8.60. The Morgan fingerprint density at radius 2 is 1.04 bits per heavy atom. The van der Waals surface area contributed by atoms with Crippen LogP contribution in [-0.4, -0.2) is 5.43 Å². The first-order valence-corrected chi connectivity index (χ1v) is 14.3. The average molecular weight is 489 g/mol. The van der Waals surface area contributed by atoms with Gasteiger partial charge in [-0.05, 0) is 0 Å². The molecule has 4 aromatic rings. The van der Waals surface area contributed by atoms with Gasteiger partial charge in [0.2, 0.25) is 0 Å². The van der Waals surface area contributed by atoms with Crippen LogP contribution in [0.5, 0.6) is 0 Å². The zero-order chi connectivity index (χ0) is 17.8. The predicted molar refractivity (Wildman–Crippen MR) is 108 cm³/mol. The van der Waals surface area contributed by atoms with E-state index in [1.807, 2.05) is 0 Å². The minimum atomic E-state index is 0. The molecule has 0 aromatic heterocycles. The minimum absolute atomic E-state index is 0. The molecule has 3 heteroatoms. The van der Waals surface area contributed by atoms with Crippen molar-refractivity contribution in [2.75, 3.05) is 0 Å². The van der Waals surface area contributed by atoms with Crippen molar-refractivity contribution in [2.45, 2.75) is 20.0 Å². The summed E-state index contributed by atoms with van der Waals surface area (Å²) in [5.41, 5.74) is 0.210. The maximum Gasteiger partial charge on any atom is -0.0809 e. The van der Waals surface area contributed by atoms with Crippen molar-refractivity contribution in [1.29, 1.82) is 0 Å².